The van der Waals surface area contributed by atoms with Crippen LogP contribution in [0.2, 0.25) is 0 Å². The normalized spacial score (nSPS) is 22.9. The number of carboxylic acid groups (broad SMARTS) is 1. The number of piperidine rings is 1. The molecule has 0 bridgehead atoms. The molecular weight excluding hydrogens is 170 g/mol. The van der Waals surface area contributed by atoms with Crippen molar-refractivity contribution in [3.05, 3.63) is 12.7 Å². The van der Waals surface area contributed by atoms with Gasteiger partial charge in [-0.05, 0) is 12.8 Å². The Morgan fingerprint density at radius 1 is 1.77 bits per heavy atom. The number of carbonyl (C=O) groups excluding carboxylic acids is 1. The standard InChI is InChI=1S/C9H13NO3/c1-2-6-10-7(9(12)13)4-3-5-8(10)11/h2,7H,1,3-6H2,(H,12,13). The van der Waals surface area contributed by atoms with Crippen molar-refractivity contribution in [2.45, 2.75) is 25.3 Å². The summed E-state index contributed by atoms with van der Waals surface area (Å²) in [5.41, 5.74) is 0. The second-order valence-corrected chi connectivity index (χ2v) is 3.08. The zero-order chi connectivity index (χ0) is 9.84. The van der Waals surface area contributed by atoms with E-state index in [-0.39, 0.29) is 5.91 Å². The van der Waals surface area contributed by atoms with Gasteiger partial charge in [0.05, 0.1) is 0 Å². The number of amides is 1. The summed E-state index contributed by atoms with van der Waals surface area (Å²) in [5, 5.41) is 8.82. The first kappa shape index (κ1) is 9.77. The Hall–Kier alpha value is -1.32. The first-order chi connectivity index (χ1) is 6.16. The molecule has 0 spiro atoms. The van der Waals surface area contributed by atoms with E-state index >= 15 is 0 Å². The summed E-state index contributed by atoms with van der Waals surface area (Å²) in [6.07, 6.45) is 3.23. The monoisotopic (exact) mass is 183 g/mol. The minimum atomic E-state index is -0.921. The third-order valence-electron chi connectivity index (χ3n) is 2.18. The van der Waals surface area contributed by atoms with Gasteiger partial charge in [0.2, 0.25) is 5.91 Å². The van der Waals surface area contributed by atoms with E-state index in [0.29, 0.717) is 25.8 Å². The van der Waals surface area contributed by atoms with E-state index in [9.17, 15) is 9.59 Å². The lowest BCUT2D eigenvalue weighted by Gasteiger charge is -2.31. The maximum Gasteiger partial charge on any atom is 0.326 e. The van der Waals surface area contributed by atoms with Gasteiger partial charge in [-0.25, -0.2) is 4.79 Å². The quantitative estimate of drug-likeness (QED) is 0.653. The van der Waals surface area contributed by atoms with Gasteiger partial charge in [0.15, 0.2) is 0 Å². The Morgan fingerprint density at radius 3 is 3.00 bits per heavy atom. The molecule has 0 saturated carbocycles. The van der Waals surface area contributed by atoms with Crippen molar-refractivity contribution in [3.63, 3.8) is 0 Å². The topological polar surface area (TPSA) is 57.6 Å². The summed E-state index contributed by atoms with van der Waals surface area (Å²) in [5.74, 6) is -1.01. The van der Waals surface area contributed by atoms with E-state index in [4.69, 9.17) is 5.11 Å². The molecule has 4 nitrogen and oxygen atoms in total. The number of rotatable bonds is 3. The molecule has 72 valence electrons. The van der Waals surface area contributed by atoms with E-state index in [1.54, 1.807) is 6.08 Å². The smallest absolute Gasteiger partial charge is 0.326 e. The van der Waals surface area contributed by atoms with Crippen LogP contribution in [0.4, 0.5) is 0 Å². The average Bonchev–Trinajstić information content (AvgIpc) is 2.08. The maximum absolute atomic E-state index is 11.3. The molecule has 0 aromatic carbocycles. The zero-order valence-electron chi connectivity index (χ0n) is 7.40. The van der Waals surface area contributed by atoms with E-state index in [2.05, 4.69) is 6.58 Å². The van der Waals surface area contributed by atoms with Crippen LogP contribution in [-0.2, 0) is 9.59 Å². The van der Waals surface area contributed by atoms with Crippen LogP contribution in [-0.4, -0.2) is 34.5 Å². The van der Waals surface area contributed by atoms with Crippen molar-refractivity contribution in [2.24, 2.45) is 0 Å². The number of carbonyl (C=O) groups is 2. The predicted molar refractivity (Wildman–Crippen MR) is 47.2 cm³/mol. The van der Waals surface area contributed by atoms with Crippen LogP contribution in [0.5, 0.6) is 0 Å². The molecule has 1 aliphatic rings. The molecule has 1 amide bonds. The number of hydrogen-bond acceptors (Lipinski definition) is 2. The fourth-order valence-electron chi connectivity index (χ4n) is 1.54. The van der Waals surface area contributed by atoms with Crippen LogP contribution in [0.3, 0.4) is 0 Å². The molecule has 1 unspecified atom stereocenters. The molecule has 0 radical (unpaired) electrons. The Bertz CT molecular complexity index is 237. The lowest BCUT2D eigenvalue weighted by Crippen LogP contribution is -2.47. The van der Waals surface area contributed by atoms with Gasteiger partial charge in [-0.3, -0.25) is 4.79 Å². The van der Waals surface area contributed by atoms with Crippen LogP contribution in [0.1, 0.15) is 19.3 Å². The minimum absolute atomic E-state index is 0.0847. The highest BCUT2D eigenvalue weighted by atomic mass is 16.4. The van der Waals surface area contributed by atoms with Gasteiger partial charge in [0, 0.05) is 13.0 Å². The summed E-state index contributed by atoms with van der Waals surface area (Å²) in [6, 6.07) is -0.653. The summed E-state index contributed by atoms with van der Waals surface area (Å²) >= 11 is 0. The van der Waals surface area contributed by atoms with Crippen molar-refractivity contribution in [1.82, 2.24) is 4.90 Å². The Kier molecular flexibility index (Phi) is 3.06. The van der Waals surface area contributed by atoms with E-state index in [1.807, 2.05) is 0 Å². The van der Waals surface area contributed by atoms with Crippen LogP contribution in [0, 0.1) is 0 Å². The molecule has 13 heavy (non-hydrogen) atoms. The van der Waals surface area contributed by atoms with Crippen LogP contribution in [0.15, 0.2) is 12.7 Å². The Morgan fingerprint density at radius 2 is 2.46 bits per heavy atom. The highest BCUT2D eigenvalue weighted by molar-refractivity contribution is 5.85. The van der Waals surface area contributed by atoms with Crippen molar-refractivity contribution < 1.29 is 14.7 Å². The third kappa shape index (κ3) is 2.08. The fourth-order valence-corrected chi connectivity index (χ4v) is 1.54. The molecule has 1 N–H and O–H groups in total. The lowest BCUT2D eigenvalue weighted by molar-refractivity contribution is -0.152. The molecule has 1 heterocycles. The number of carboxylic acids is 1. The minimum Gasteiger partial charge on any atom is -0.480 e. The summed E-state index contributed by atoms with van der Waals surface area (Å²) in [7, 11) is 0. The second kappa shape index (κ2) is 4.07. The van der Waals surface area contributed by atoms with Crippen LogP contribution >= 0.6 is 0 Å². The number of nitrogens with zero attached hydrogens (tertiary/aromatic N) is 1. The molecule has 1 rings (SSSR count). The zero-order valence-corrected chi connectivity index (χ0v) is 7.40. The van der Waals surface area contributed by atoms with Crippen molar-refractivity contribution in [3.8, 4) is 0 Å². The Labute approximate surface area is 76.8 Å². The molecular formula is C9H13NO3. The van der Waals surface area contributed by atoms with Gasteiger partial charge in [-0.2, -0.15) is 0 Å². The Balaban J connectivity index is 2.73. The molecule has 0 aromatic heterocycles. The number of likely N-dealkylation sites (tertiary alicyclic amines) is 1. The summed E-state index contributed by atoms with van der Waals surface area (Å²) in [6.45, 7) is 3.83. The molecule has 0 aromatic rings. The van der Waals surface area contributed by atoms with Gasteiger partial charge < -0.3 is 10.0 Å². The lowest BCUT2D eigenvalue weighted by atomic mass is 10.0. The SMILES string of the molecule is C=CCN1C(=O)CCCC1C(=O)O. The van der Waals surface area contributed by atoms with Crippen LogP contribution < -0.4 is 0 Å². The number of hydrogen-bond donors (Lipinski definition) is 1. The van der Waals surface area contributed by atoms with Gasteiger partial charge in [-0.1, -0.05) is 6.08 Å². The average molecular weight is 183 g/mol. The predicted octanol–water partition coefficient (Wildman–Crippen LogP) is 0.638. The largest absolute Gasteiger partial charge is 0.480 e. The van der Waals surface area contributed by atoms with Crippen molar-refractivity contribution in [2.75, 3.05) is 6.54 Å². The van der Waals surface area contributed by atoms with Gasteiger partial charge in [-0.15, -0.1) is 6.58 Å². The third-order valence-corrected chi connectivity index (χ3v) is 2.18. The molecule has 0 aliphatic carbocycles. The van der Waals surface area contributed by atoms with Crippen LogP contribution in [0.25, 0.3) is 0 Å². The van der Waals surface area contributed by atoms with Crippen molar-refractivity contribution in [1.29, 1.82) is 0 Å². The first-order valence-electron chi connectivity index (χ1n) is 4.30. The first-order valence-corrected chi connectivity index (χ1v) is 4.30. The van der Waals surface area contributed by atoms with Gasteiger partial charge in [0.25, 0.3) is 0 Å². The maximum atomic E-state index is 11.3. The fraction of sp³-hybridized carbons (Fsp3) is 0.556. The second-order valence-electron chi connectivity index (χ2n) is 3.08. The highest BCUT2D eigenvalue weighted by Crippen LogP contribution is 2.17. The molecule has 1 saturated heterocycles. The molecule has 1 aliphatic heterocycles. The van der Waals surface area contributed by atoms with Gasteiger partial charge in [0.1, 0.15) is 6.04 Å². The van der Waals surface area contributed by atoms with E-state index in [0.717, 1.165) is 0 Å². The van der Waals surface area contributed by atoms with E-state index < -0.39 is 12.0 Å². The molecule has 1 fully saturated rings. The summed E-state index contributed by atoms with van der Waals surface area (Å²) in [4.78, 5) is 23.4. The van der Waals surface area contributed by atoms with E-state index in [1.165, 1.54) is 4.90 Å². The summed E-state index contributed by atoms with van der Waals surface area (Å²) < 4.78 is 0. The molecule has 1 atom stereocenters. The highest BCUT2D eigenvalue weighted by Gasteiger charge is 2.31. The molecule has 4 heteroatoms. The van der Waals surface area contributed by atoms with Crippen molar-refractivity contribution >= 4 is 11.9 Å². The number of aliphatic carboxylic acids is 1. The van der Waals surface area contributed by atoms with Gasteiger partial charge >= 0.3 is 5.97 Å².